The first-order chi connectivity index (χ1) is 9.51. The number of hydrogen-bond acceptors (Lipinski definition) is 5. The summed E-state index contributed by atoms with van der Waals surface area (Å²) in [6, 6.07) is 1.82. The van der Waals surface area contributed by atoms with Gasteiger partial charge < -0.3 is 15.6 Å². The predicted molar refractivity (Wildman–Crippen MR) is 92.3 cm³/mol. The smallest absolute Gasteiger partial charge is 0.312 e. The topological polar surface area (TPSA) is 99.0 Å². The molecule has 0 bridgehead atoms. The number of aromatic nitrogens is 2. The highest BCUT2D eigenvalue weighted by Gasteiger charge is 2.25. The van der Waals surface area contributed by atoms with E-state index >= 15 is 0 Å². The van der Waals surface area contributed by atoms with Crippen LogP contribution >= 0.6 is 44.3 Å². The number of halogens is 3. The number of fused-ring (bicyclic) bond motifs is 1. The van der Waals surface area contributed by atoms with Gasteiger partial charge in [0.05, 0.1) is 10.4 Å². The number of rotatable bonds is 5. The number of nitro benzene ring substituents is 1. The standard InChI is InChI=1S/C11H13Br2N5O2.ClH/c1-2-17-7-5-6(12)8(13)10(18(19)20)9(7)16-11(17)15-4-3-14;/h5H,2-4,14H2,1H3,(H,15,16);1H. The van der Waals surface area contributed by atoms with Crippen LogP contribution in [0.15, 0.2) is 15.0 Å². The monoisotopic (exact) mass is 441 g/mol. The molecule has 1 aromatic carbocycles. The Morgan fingerprint density at radius 1 is 1.52 bits per heavy atom. The van der Waals surface area contributed by atoms with Crippen LogP contribution < -0.4 is 11.1 Å². The second kappa shape index (κ2) is 7.39. The van der Waals surface area contributed by atoms with Crippen molar-refractivity contribution >= 4 is 66.9 Å². The molecule has 0 spiro atoms. The van der Waals surface area contributed by atoms with Gasteiger partial charge in [0.15, 0.2) is 5.52 Å². The van der Waals surface area contributed by atoms with Crippen molar-refractivity contribution in [3.05, 3.63) is 25.1 Å². The molecule has 1 heterocycles. The molecule has 2 aromatic rings. The van der Waals surface area contributed by atoms with E-state index in [1.165, 1.54) is 0 Å². The number of nitro groups is 1. The molecule has 0 amide bonds. The van der Waals surface area contributed by atoms with E-state index in [0.717, 1.165) is 0 Å². The molecule has 0 saturated heterocycles. The van der Waals surface area contributed by atoms with E-state index in [-0.39, 0.29) is 18.1 Å². The van der Waals surface area contributed by atoms with Crippen LogP contribution in [0.2, 0.25) is 0 Å². The molecule has 0 aliphatic rings. The Labute approximate surface area is 144 Å². The quantitative estimate of drug-likeness (QED) is 0.546. The molecule has 21 heavy (non-hydrogen) atoms. The highest BCUT2D eigenvalue weighted by Crippen LogP contribution is 2.39. The number of nitrogens with zero attached hydrogens (tertiary/aromatic N) is 3. The highest BCUT2D eigenvalue weighted by atomic mass is 79.9. The largest absolute Gasteiger partial charge is 0.354 e. The molecule has 0 unspecified atom stereocenters. The first kappa shape index (κ1) is 18.1. The molecule has 1 aromatic heterocycles. The molecule has 7 nitrogen and oxygen atoms in total. The van der Waals surface area contributed by atoms with Gasteiger partial charge in [-0.05, 0) is 44.8 Å². The Hall–Kier alpha value is -0.900. The molecule has 3 N–H and O–H groups in total. The maximum absolute atomic E-state index is 11.3. The number of anilines is 1. The van der Waals surface area contributed by atoms with Crippen LogP contribution in [0.3, 0.4) is 0 Å². The van der Waals surface area contributed by atoms with E-state index in [9.17, 15) is 10.1 Å². The summed E-state index contributed by atoms with van der Waals surface area (Å²) in [5.74, 6) is 0.584. The number of hydrogen-bond donors (Lipinski definition) is 2. The fraction of sp³-hybridized carbons (Fsp3) is 0.364. The molecule has 0 atom stereocenters. The zero-order chi connectivity index (χ0) is 14.9. The fourth-order valence-electron chi connectivity index (χ4n) is 1.99. The zero-order valence-corrected chi connectivity index (χ0v) is 15.1. The molecule has 0 aliphatic heterocycles. The van der Waals surface area contributed by atoms with Gasteiger partial charge in [0, 0.05) is 24.1 Å². The first-order valence-corrected chi connectivity index (χ1v) is 7.56. The molecule has 0 radical (unpaired) electrons. The average molecular weight is 444 g/mol. The summed E-state index contributed by atoms with van der Waals surface area (Å²) in [5, 5.41) is 14.4. The average Bonchev–Trinajstić information content (AvgIpc) is 2.74. The van der Waals surface area contributed by atoms with Crippen LogP contribution in [0.4, 0.5) is 11.6 Å². The SMILES string of the molecule is CCn1c(NCCN)nc2c([N+](=O)[O-])c(Br)c(Br)cc21.Cl. The van der Waals surface area contributed by atoms with Gasteiger partial charge in [0.25, 0.3) is 0 Å². The number of nitrogens with one attached hydrogen (secondary N) is 1. The van der Waals surface area contributed by atoms with E-state index in [2.05, 4.69) is 42.2 Å². The minimum atomic E-state index is -0.434. The molecule has 0 aliphatic carbocycles. The van der Waals surface area contributed by atoms with Gasteiger partial charge in [0.2, 0.25) is 5.95 Å². The number of nitrogens with two attached hydrogens (primary N) is 1. The van der Waals surface area contributed by atoms with Crippen LogP contribution in [0.1, 0.15) is 6.92 Å². The van der Waals surface area contributed by atoms with Crippen molar-refractivity contribution in [1.82, 2.24) is 9.55 Å². The maximum atomic E-state index is 11.3. The van der Waals surface area contributed by atoms with Crippen molar-refractivity contribution < 1.29 is 4.92 Å². The molecular weight excluding hydrogens is 429 g/mol. The lowest BCUT2D eigenvalue weighted by Gasteiger charge is -2.07. The Morgan fingerprint density at radius 2 is 2.19 bits per heavy atom. The Kier molecular flexibility index (Phi) is 6.39. The third kappa shape index (κ3) is 3.31. The van der Waals surface area contributed by atoms with E-state index in [0.29, 0.717) is 45.6 Å². The van der Waals surface area contributed by atoms with Gasteiger partial charge in [-0.25, -0.2) is 4.98 Å². The minimum Gasteiger partial charge on any atom is -0.354 e. The van der Waals surface area contributed by atoms with Crippen LogP contribution in [0, 0.1) is 10.1 Å². The summed E-state index contributed by atoms with van der Waals surface area (Å²) in [7, 11) is 0. The van der Waals surface area contributed by atoms with Gasteiger partial charge >= 0.3 is 5.69 Å². The molecule has 2 rings (SSSR count). The van der Waals surface area contributed by atoms with Crippen LogP contribution in [0.5, 0.6) is 0 Å². The van der Waals surface area contributed by atoms with Crippen LogP contribution in [-0.2, 0) is 6.54 Å². The van der Waals surface area contributed by atoms with Gasteiger partial charge in [-0.1, -0.05) is 0 Å². The van der Waals surface area contributed by atoms with Gasteiger partial charge in [0.1, 0.15) is 4.47 Å². The second-order valence-electron chi connectivity index (χ2n) is 4.04. The van der Waals surface area contributed by atoms with E-state index in [1.54, 1.807) is 0 Å². The van der Waals surface area contributed by atoms with Crippen molar-refractivity contribution in [1.29, 1.82) is 0 Å². The summed E-state index contributed by atoms with van der Waals surface area (Å²) in [5.41, 5.74) is 6.48. The maximum Gasteiger partial charge on any atom is 0.312 e. The third-order valence-corrected chi connectivity index (χ3v) is 4.80. The predicted octanol–water partition coefficient (Wildman–Crippen LogP) is 3.28. The lowest BCUT2D eigenvalue weighted by molar-refractivity contribution is -0.384. The number of aryl methyl sites for hydroxylation is 1. The Balaban J connectivity index is 0.00000220. The summed E-state index contributed by atoms with van der Waals surface area (Å²) in [4.78, 5) is 15.2. The molecule has 116 valence electrons. The van der Waals surface area contributed by atoms with Crippen molar-refractivity contribution in [2.45, 2.75) is 13.5 Å². The van der Waals surface area contributed by atoms with E-state index in [1.807, 2.05) is 17.6 Å². The van der Waals surface area contributed by atoms with Crippen LogP contribution in [-0.4, -0.2) is 27.6 Å². The third-order valence-electron chi connectivity index (χ3n) is 2.84. The van der Waals surface area contributed by atoms with Gasteiger partial charge in [-0.2, -0.15) is 0 Å². The van der Waals surface area contributed by atoms with Crippen molar-refractivity contribution in [2.75, 3.05) is 18.4 Å². The highest BCUT2D eigenvalue weighted by molar-refractivity contribution is 9.13. The zero-order valence-electron chi connectivity index (χ0n) is 11.1. The molecular formula is C11H14Br2ClN5O2. The van der Waals surface area contributed by atoms with Crippen molar-refractivity contribution in [3.63, 3.8) is 0 Å². The summed E-state index contributed by atoms with van der Waals surface area (Å²) < 4.78 is 2.90. The Morgan fingerprint density at radius 3 is 2.71 bits per heavy atom. The summed E-state index contributed by atoms with van der Waals surface area (Å²) in [6.45, 7) is 3.62. The molecule has 0 fully saturated rings. The lowest BCUT2D eigenvalue weighted by atomic mass is 10.2. The normalized spacial score (nSPS) is 10.5. The minimum absolute atomic E-state index is 0. The number of benzene rings is 1. The summed E-state index contributed by atoms with van der Waals surface area (Å²) in [6.07, 6.45) is 0. The fourth-order valence-corrected chi connectivity index (χ4v) is 2.84. The van der Waals surface area contributed by atoms with Crippen molar-refractivity contribution in [3.8, 4) is 0 Å². The molecule has 10 heteroatoms. The second-order valence-corrected chi connectivity index (χ2v) is 5.69. The molecule has 0 saturated carbocycles. The number of imidazole rings is 1. The van der Waals surface area contributed by atoms with Crippen molar-refractivity contribution in [2.24, 2.45) is 5.73 Å². The van der Waals surface area contributed by atoms with Gasteiger partial charge in [-0.15, -0.1) is 12.4 Å². The van der Waals surface area contributed by atoms with Crippen LogP contribution in [0.25, 0.3) is 11.0 Å². The van der Waals surface area contributed by atoms with E-state index in [4.69, 9.17) is 5.73 Å². The Bertz CT molecular complexity index is 676. The van der Waals surface area contributed by atoms with Gasteiger partial charge in [-0.3, -0.25) is 10.1 Å². The first-order valence-electron chi connectivity index (χ1n) is 5.97. The lowest BCUT2D eigenvalue weighted by Crippen LogP contribution is -2.16. The van der Waals surface area contributed by atoms with E-state index < -0.39 is 4.92 Å². The summed E-state index contributed by atoms with van der Waals surface area (Å²) >= 11 is 6.56.